The maximum absolute atomic E-state index is 12.0. The Bertz CT molecular complexity index is 652. The summed E-state index contributed by atoms with van der Waals surface area (Å²) in [6.45, 7) is 6.02. The Hall–Kier alpha value is -1.88. The third-order valence-electron chi connectivity index (χ3n) is 3.57. The lowest BCUT2D eigenvalue weighted by molar-refractivity contribution is -0.121. The first-order valence-corrected chi connectivity index (χ1v) is 8.25. The molecule has 0 fully saturated rings. The largest absolute Gasteiger partial charge is 0.496 e. The highest BCUT2D eigenvalue weighted by atomic mass is 32.1. The first-order valence-electron chi connectivity index (χ1n) is 7.44. The maximum atomic E-state index is 12.0. The fourth-order valence-electron chi connectivity index (χ4n) is 2.10. The topological polar surface area (TPSA) is 51.2 Å². The summed E-state index contributed by atoms with van der Waals surface area (Å²) in [5.41, 5.74) is 1.87. The molecule has 0 spiro atoms. The van der Waals surface area contributed by atoms with Crippen LogP contribution in [0.25, 0.3) is 10.6 Å². The number of thiazole rings is 1. The minimum Gasteiger partial charge on any atom is -0.496 e. The van der Waals surface area contributed by atoms with E-state index >= 15 is 0 Å². The number of amides is 1. The van der Waals surface area contributed by atoms with E-state index in [1.807, 2.05) is 38.1 Å². The smallest absolute Gasteiger partial charge is 0.225 e. The second-order valence-corrected chi connectivity index (χ2v) is 6.37. The number of hydrogen-bond acceptors (Lipinski definition) is 4. The summed E-state index contributed by atoms with van der Waals surface area (Å²) >= 11 is 1.55. The zero-order chi connectivity index (χ0) is 16.1. The lowest BCUT2D eigenvalue weighted by Crippen LogP contribution is -2.33. The summed E-state index contributed by atoms with van der Waals surface area (Å²) in [5.74, 6) is 0.847. The summed E-state index contributed by atoms with van der Waals surface area (Å²) in [7, 11) is 1.65. The van der Waals surface area contributed by atoms with Crippen molar-refractivity contribution in [2.24, 2.45) is 0 Å². The predicted molar refractivity (Wildman–Crippen MR) is 90.4 cm³/mol. The molecule has 0 aliphatic heterocycles. The van der Waals surface area contributed by atoms with Crippen LogP contribution in [0.4, 0.5) is 0 Å². The van der Waals surface area contributed by atoms with Gasteiger partial charge >= 0.3 is 0 Å². The van der Waals surface area contributed by atoms with Crippen LogP contribution in [0.15, 0.2) is 24.3 Å². The molecule has 1 aromatic carbocycles. The molecule has 0 aliphatic carbocycles. The Kier molecular flexibility index (Phi) is 5.55. The van der Waals surface area contributed by atoms with E-state index < -0.39 is 0 Å². The van der Waals surface area contributed by atoms with Gasteiger partial charge in [-0.2, -0.15) is 0 Å². The summed E-state index contributed by atoms with van der Waals surface area (Å²) in [5, 5.41) is 3.88. The van der Waals surface area contributed by atoms with Gasteiger partial charge in [0, 0.05) is 10.9 Å². The second-order valence-electron chi connectivity index (χ2n) is 5.28. The van der Waals surface area contributed by atoms with Gasteiger partial charge in [0.1, 0.15) is 10.8 Å². The molecule has 5 heteroatoms. The van der Waals surface area contributed by atoms with E-state index in [1.54, 1.807) is 18.4 Å². The number of nitrogens with zero attached hydrogens (tertiary/aromatic N) is 1. The van der Waals surface area contributed by atoms with Gasteiger partial charge in [0.25, 0.3) is 0 Å². The normalized spacial score (nSPS) is 12.0. The van der Waals surface area contributed by atoms with Gasteiger partial charge in [-0.05, 0) is 32.4 Å². The molecule has 1 N–H and O–H groups in total. The predicted octanol–water partition coefficient (Wildman–Crippen LogP) is 3.58. The standard InChI is InChI=1S/C17H22N2O2S/c1-5-11(2)18-16(20)10-15-12(3)19-17(22-15)13-8-6-7-9-14(13)21-4/h6-9,11H,5,10H2,1-4H3,(H,18,20). The van der Waals surface area contributed by atoms with Crippen LogP contribution >= 0.6 is 11.3 Å². The van der Waals surface area contributed by atoms with E-state index in [-0.39, 0.29) is 11.9 Å². The number of methoxy groups -OCH3 is 1. The summed E-state index contributed by atoms with van der Waals surface area (Å²) in [6, 6.07) is 8.00. The van der Waals surface area contributed by atoms with E-state index in [9.17, 15) is 4.79 Å². The summed E-state index contributed by atoms with van der Waals surface area (Å²) in [4.78, 5) is 17.6. The van der Waals surface area contributed by atoms with Crippen LogP contribution in [0.1, 0.15) is 30.8 Å². The van der Waals surface area contributed by atoms with Crippen LogP contribution in [0, 0.1) is 6.92 Å². The Morgan fingerprint density at radius 2 is 2.14 bits per heavy atom. The molecule has 1 amide bonds. The van der Waals surface area contributed by atoms with Crippen molar-refractivity contribution in [3.8, 4) is 16.3 Å². The van der Waals surface area contributed by atoms with Crippen LogP contribution in [0.3, 0.4) is 0 Å². The average Bonchev–Trinajstić information content (AvgIpc) is 2.87. The highest BCUT2D eigenvalue weighted by molar-refractivity contribution is 7.15. The Morgan fingerprint density at radius 1 is 1.41 bits per heavy atom. The van der Waals surface area contributed by atoms with Gasteiger partial charge in [-0.3, -0.25) is 4.79 Å². The number of carbonyl (C=O) groups is 1. The first-order chi connectivity index (χ1) is 10.5. The SMILES string of the molecule is CCC(C)NC(=O)Cc1sc(-c2ccccc2OC)nc1C. The van der Waals surface area contributed by atoms with Crippen molar-refractivity contribution >= 4 is 17.2 Å². The number of aryl methyl sites for hydroxylation is 1. The summed E-state index contributed by atoms with van der Waals surface area (Å²) in [6.07, 6.45) is 1.31. The molecule has 1 aromatic heterocycles. The van der Waals surface area contributed by atoms with Crippen LogP contribution < -0.4 is 10.1 Å². The van der Waals surface area contributed by atoms with Gasteiger partial charge in [0.05, 0.1) is 24.8 Å². The van der Waals surface area contributed by atoms with Crippen molar-refractivity contribution < 1.29 is 9.53 Å². The van der Waals surface area contributed by atoms with Gasteiger partial charge in [-0.1, -0.05) is 19.1 Å². The molecule has 4 nitrogen and oxygen atoms in total. The minimum absolute atomic E-state index is 0.0488. The third kappa shape index (κ3) is 3.85. The maximum Gasteiger partial charge on any atom is 0.225 e. The average molecular weight is 318 g/mol. The lowest BCUT2D eigenvalue weighted by atomic mass is 10.2. The molecule has 0 saturated carbocycles. The molecule has 1 atom stereocenters. The number of nitrogens with one attached hydrogen (secondary N) is 1. The number of carbonyl (C=O) groups excluding carboxylic acids is 1. The molecule has 22 heavy (non-hydrogen) atoms. The van der Waals surface area contributed by atoms with Crippen LogP contribution in [-0.4, -0.2) is 24.0 Å². The highest BCUT2D eigenvalue weighted by Crippen LogP contribution is 2.34. The quantitative estimate of drug-likeness (QED) is 0.885. The molecule has 0 radical (unpaired) electrons. The second kappa shape index (κ2) is 7.40. The van der Waals surface area contributed by atoms with Crippen LogP contribution in [0.2, 0.25) is 0 Å². The monoisotopic (exact) mass is 318 g/mol. The van der Waals surface area contributed by atoms with Gasteiger partial charge < -0.3 is 10.1 Å². The molecule has 0 aliphatic rings. The van der Waals surface area contributed by atoms with Crippen molar-refractivity contribution in [2.75, 3.05) is 7.11 Å². The van der Waals surface area contributed by atoms with Gasteiger partial charge in [0.15, 0.2) is 0 Å². The van der Waals surface area contributed by atoms with Gasteiger partial charge in [0.2, 0.25) is 5.91 Å². The van der Waals surface area contributed by atoms with Crippen molar-refractivity contribution in [1.82, 2.24) is 10.3 Å². The number of hydrogen-bond donors (Lipinski definition) is 1. The molecule has 1 unspecified atom stereocenters. The van der Waals surface area contributed by atoms with Gasteiger partial charge in [-0.15, -0.1) is 11.3 Å². The molecule has 2 aromatic rings. The molecule has 0 saturated heterocycles. The van der Waals surface area contributed by atoms with E-state index in [0.29, 0.717) is 6.42 Å². The van der Waals surface area contributed by atoms with E-state index in [4.69, 9.17) is 4.74 Å². The fraction of sp³-hybridized carbons (Fsp3) is 0.412. The Labute approximate surface area is 135 Å². The number of ether oxygens (including phenoxy) is 1. The third-order valence-corrected chi connectivity index (χ3v) is 4.76. The first kappa shape index (κ1) is 16.5. The lowest BCUT2D eigenvalue weighted by Gasteiger charge is -2.10. The number of rotatable bonds is 6. The van der Waals surface area contributed by atoms with E-state index in [0.717, 1.165) is 33.3 Å². The van der Waals surface area contributed by atoms with Crippen molar-refractivity contribution in [2.45, 2.75) is 39.7 Å². The minimum atomic E-state index is 0.0488. The molecule has 1 heterocycles. The number of aromatic nitrogens is 1. The molecular formula is C17H22N2O2S. The zero-order valence-corrected chi connectivity index (χ0v) is 14.3. The van der Waals surface area contributed by atoms with Crippen molar-refractivity contribution in [3.63, 3.8) is 0 Å². The summed E-state index contributed by atoms with van der Waals surface area (Å²) < 4.78 is 5.38. The van der Waals surface area contributed by atoms with Crippen molar-refractivity contribution in [3.05, 3.63) is 34.8 Å². The Balaban J connectivity index is 2.19. The van der Waals surface area contributed by atoms with E-state index in [1.165, 1.54) is 0 Å². The molecular weight excluding hydrogens is 296 g/mol. The van der Waals surface area contributed by atoms with Gasteiger partial charge in [-0.25, -0.2) is 4.98 Å². The molecule has 2 rings (SSSR count). The zero-order valence-electron chi connectivity index (χ0n) is 13.5. The van der Waals surface area contributed by atoms with Crippen molar-refractivity contribution in [1.29, 1.82) is 0 Å². The number of benzene rings is 1. The fourth-order valence-corrected chi connectivity index (χ4v) is 3.19. The van der Waals surface area contributed by atoms with Crippen LogP contribution in [0.5, 0.6) is 5.75 Å². The number of para-hydroxylation sites is 1. The van der Waals surface area contributed by atoms with E-state index in [2.05, 4.69) is 17.2 Å². The molecule has 0 bridgehead atoms. The highest BCUT2D eigenvalue weighted by Gasteiger charge is 2.15. The Morgan fingerprint density at radius 3 is 2.82 bits per heavy atom. The van der Waals surface area contributed by atoms with Crippen LogP contribution in [-0.2, 0) is 11.2 Å². The molecule has 118 valence electrons.